The second-order valence-corrected chi connectivity index (χ2v) is 6.08. The van der Waals surface area contributed by atoms with Gasteiger partial charge in [0.05, 0.1) is 18.4 Å². The van der Waals surface area contributed by atoms with Crippen molar-refractivity contribution in [3.8, 4) is 0 Å². The summed E-state index contributed by atoms with van der Waals surface area (Å²) in [4.78, 5) is 35.3. The lowest BCUT2D eigenvalue weighted by Crippen LogP contribution is -2.46. The molecule has 0 saturated heterocycles. The maximum atomic E-state index is 11.8. The monoisotopic (exact) mass is 265 g/mol. The zero-order chi connectivity index (χ0) is 14.2. The third-order valence-corrected chi connectivity index (χ3v) is 3.37. The number of ketones is 2. The van der Waals surface area contributed by atoms with Gasteiger partial charge in [0.15, 0.2) is 0 Å². The molecule has 0 spiro atoms. The summed E-state index contributed by atoms with van der Waals surface area (Å²) in [5.74, 6) is -0.807. The van der Waals surface area contributed by atoms with E-state index < -0.39 is 23.7 Å². The highest BCUT2D eigenvalue weighted by Gasteiger charge is 2.46. The van der Waals surface area contributed by atoms with Gasteiger partial charge in [-0.2, -0.15) is 0 Å². The largest absolute Gasteiger partial charge is 0.444 e. The van der Waals surface area contributed by atoms with Gasteiger partial charge in [-0.3, -0.25) is 9.59 Å². The topological polar surface area (TPSA) is 72.5 Å². The van der Waals surface area contributed by atoms with Crippen LogP contribution in [0, 0.1) is 11.8 Å². The Bertz CT molecular complexity index is 447. The summed E-state index contributed by atoms with van der Waals surface area (Å²) in [7, 11) is 0. The second-order valence-electron chi connectivity index (χ2n) is 6.08. The van der Waals surface area contributed by atoms with Crippen molar-refractivity contribution in [3.63, 3.8) is 0 Å². The number of fused-ring (bicyclic) bond motifs is 1. The molecule has 3 atom stereocenters. The minimum absolute atomic E-state index is 0.0104. The van der Waals surface area contributed by atoms with Crippen molar-refractivity contribution in [2.24, 2.45) is 11.8 Å². The van der Waals surface area contributed by atoms with Crippen LogP contribution in [0.4, 0.5) is 4.79 Å². The second kappa shape index (κ2) is 4.79. The minimum atomic E-state index is -0.586. The number of rotatable bonds is 1. The Morgan fingerprint density at radius 3 is 2.63 bits per heavy atom. The van der Waals surface area contributed by atoms with Crippen LogP contribution in [-0.2, 0) is 14.3 Å². The Kier molecular flexibility index (Phi) is 3.47. The number of ether oxygens (including phenoxy) is 1. The van der Waals surface area contributed by atoms with Crippen LogP contribution in [0.2, 0.25) is 0 Å². The zero-order valence-corrected chi connectivity index (χ0v) is 11.4. The summed E-state index contributed by atoms with van der Waals surface area (Å²) < 4.78 is 5.17. The molecule has 0 aromatic carbocycles. The van der Waals surface area contributed by atoms with Gasteiger partial charge < -0.3 is 10.1 Å². The van der Waals surface area contributed by atoms with E-state index in [2.05, 4.69) is 5.32 Å². The van der Waals surface area contributed by atoms with Gasteiger partial charge in [-0.25, -0.2) is 4.79 Å². The number of hydrogen-bond donors (Lipinski definition) is 1. The number of carbonyl (C=O) groups is 3. The van der Waals surface area contributed by atoms with Crippen LogP contribution in [0.15, 0.2) is 12.2 Å². The molecule has 5 nitrogen and oxygen atoms in total. The molecule has 2 aliphatic rings. The van der Waals surface area contributed by atoms with Crippen molar-refractivity contribution in [1.82, 2.24) is 5.32 Å². The Balaban J connectivity index is 2.06. The molecule has 1 N–H and O–H groups in total. The third kappa shape index (κ3) is 3.03. The minimum Gasteiger partial charge on any atom is -0.444 e. The quantitative estimate of drug-likeness (QED) is 0.577. The predicted octanol–water partition coefficient (Wildman–Crippen LogP) is 1.61. The normalized spacial score (nSPS) is 30.2. The van der Waals surface area contributed by atoms with Crippen molar-refractivity contribution in [2.75, 3.05) is 0 Å². The maximum Gasteiger partial charge on any atom is 0.408 e. The van der Waals surface area contributed by atoms with Crippen molar-refractivity contribution in [1.29, 1.82) is 0 Å². The molecule has 0 radical (unpaired) electrons. The van der Waals surface area contributed by atoms with Gasteiger partial charge in [0.25, 0.3) is 0 Å². The standard InChI is InChI=1S/C14H19NO4/c1-14(2,3)19-13(18)15-9-6-4-5-8-10(16)7-11(17)12(8)9/h4,6,8-9,12H,5,7H2,1-3H3,(H,15,18)/t8-,9-,12+/m1/s1. The molecule has 0 unspecified atom stereocenters. The predicted molar refractivity (Wildman–Crippen MR) is 68.5 cm³/mol. The van der Waals surface area contributed by atoms with Crippen LogP contribution in [0.3, 0.4) is 0 Å². The van der Waals surface area contributed by atoms with E-state index in [1.165, 1.54) is 0 Å². The average Bonchev–Trinajstić information content (AvgIpc) is 2.53. The van der Waals surface area contributed by atoms with E-state index in [1.54, 1.807) is 26.8 Å². The molecule has 1 saturated carbocycles. The number of carbonyl (C=O) groups excluding carboxylic acids is 3. The number of Topliss-reactive ketones (excluding diaryl/α,β-unsaturated/α-hetero) is 2. The van der Waals surface area contributed by atoms with Gasteiger partial charge in [0.2, 0.25) is 0 Å². The fourth-order valence-electron chi connectivity index (χ4n) is 2.65. The van der Waals surface area contributed by atoms with E-state index >= 15 is 0 Å². The van der Waals surface area contributed by atoms with Crippen LogP contribution in [0.1, 0.15) is 33.6 Å². The number of allylic oxidation sites excluding steroid dienone is 1. The van der Waals surface area contributed by atoms with E-state index in [4.69, 9.17) is 4.74 Å². The zero-order valence-electron chi connectivity index (χ0n) is 11.4. The summed E-state index contributed by atoms with van der Waals surface area (Å²) >= 11 is 0. The Morgan fingerprint density at radius 2 is 2.00 bits per heavy atom. The van der Waals surface area contributed by atoms with E-state index in [1.807, 2.05) is 6.08 Å². The first-order valence-corrected chi connectivity index (χ1v) is 6.49. The van der Waals surface area contributed by atoms with E-state index in [9.17, 15) is 14.4 Å². The first-order valence-electron chi connectivity index (χ1n) is 6.49. The van der Waals surface area contributed by atoms with E-state index in [0.717, 1.165) is 0 Å². The van der Waals surface area contributed by atoms with Gasteiger partial charge in [-0.15, -0.1) is 0 Å². The Hall–Kier alpha value is -1.65. The molecule has 1 fully saturated rings. The molecule has 1 amide bonds. The Morgan fingerprint density at radius 1 is 1.32 bits per heavy atom. The molecule has 2 rings (SSSR count). The maximum absolute atomic E-state index is 11.8. The van der Waals surface area contributed by atoms with Gasteiger partial charge in [0.1, 0.15) is 17.2 Å². The van der Waals surface area contributed by atoms with E-state index in [0.29, 0.717) is 6.42 Å². The molecule has 0 bridgehead atoms. The van der Waals surface area contributed by atoms with Crippen molar-refractivity contribution in [2.45, 2.75) is 45.3 Å². The number of nitrogens with one attached hydrogen (secondary N) is 1. The van der Waals surface area contributed by atoms with Crippen LogP contribution in [0.5, 0.6) is 0 Å². The van der Waals surface area contributed by atoms with Crippen molar-refractivity contribution < 1.29 is 19.1 Å². The lowest BCUT2D eigenvalue weighted by atomic mass is 9.81. The average molecular weight is 265 g/mol. The van der Waals surface area contributed by atoms with Gasteiger partial charge in [-0.05, 0) is 27.2 Å². The summed E-state index contributed by atoms with van der Waals surface area (Å²) in [5.41, 5.74) is -0.586. The molecule has 104 valence electrons. The smallest absolute Gasteiger partial charge is 0.408 e. The fraction of sp³-hybridized carbons (Fsp3) is 0.643. The fourth-order valence-corrected chi connectivity index (χ4v) is 2.65. The molecule has 0 aliphatic heterocycles. The molecular weight excluding hydrogens is 246 g/mol. The molecule has 0 aromatic heterocycles. The highest BCUT2D eigenvalue weighted by atomic mass is 16.6. The summed E-state index contributed by atoms with van der Waals surface area (Å²) in [6.07, 6.45) is 3.64. The SMILES string of the molecule is CC(C)(C)OC(=O)N[C@@H]1C=CC[C@@H]2C(=O)CC(=O)[C@@H]21. The number of alkyl carbamates (subject to hydrolysis) is 1. The number of amides is 1. The molecule has 0 heterocycles. The molecule has 5 heteroatoms. The molecule has 2 aliphatic carbocycles. The van der Waals surface area contributed by atoms with Gasteiger partial charge in [0, 0.05) is 5.92 Å². The highest BCUT2D eigenvalue weighted by Crippen LogP contribution is 2.35. The van der Waals surface area contributed by atoms with Crippen LogP contribution in [0.25, 0.3) is 0 Å². The summed E-state index contributed by atoms with van der Waals surface area (Å²) in [5, 5.41) is 2.68. The highest BCUT2D eigenvalue weighted by molar-refractivity contribution is 6.09. The Labute approximate surface area is 112 Å². The molecule has 19 heavy (non-hydrogen) atoms. The van der Waals surface area contributed by atoms with Crippen LogP contribution < -0.4 is 5.32 Å². The molecule has 0 aromatic rings. The van der Waals surface area contributed by atoms with Crippen molar-refractivity contribution >= 4 is 17.7 Å². The van der Waals surface area contributed by atoms with Crippen LogP contribution in [-0.4, -0.2) is 29.3 Å². The van der Waals surface area contributed by atoms with Crippen molar-refractivity contribution in [3.05, 3.63) is 12.2 Å². The van der Waals surface area contributed by atoms with Crippen LogP contribution >= 0.6 is 0 Å². The van der Waals surface area contributed by atoms with Gasteiger partial charge in [-0.1, -0.05) is 12.2 Å². The third-order valence-electron chi connectivity index (χ3n) is 3.37. The lowest BCUT2D eigenvalue weighted by molar-refractivity contribution is -0.122. The molecular formula is C14H19NO4. The first-order chi connectivity index (χ1) is 8.78. The van der Waals surface area contributed by atoms with Gasteiger partial charge >= 0.3 is 6.09 Å². The first kappa shape index (κ1) is 13.8. The lowest BCUT2D eigenvalue weighted by Gasteiger charge is -2.29. The number of hydrogen-bond acceptors (Lipinski definition) is 4. The summed E-state index contributed by atoms with van der Waals surface area (Å²) in [6, 6.07) is -0.437. The summed E-state index contributed by atoms with van der Waals surface area (Å²) in [6.45, 7) is 5.32. The van der Waals surface area contributed by atoms with E-state index in [-0.39, 0.29) is 23.9 Å².